The Kier molecular flexibility index (Phi) is 4.57. The number of aryl methyl sites for hydroxylation is 1. The summed E-state index contributed by atoms with van der Waals surface area (Å²) in [6.07, 6.45) is 0.136. The van der Waals surface area contributed by atoms with Gasteiger partial charge in [-0.05, 0) is 24.6 Å². The summed E-state index contributed by atoms with van der Waals surface area (Å²) in [6.45, 7) is 2.00. The maximum atomic E-state index is 13.8. The van der Waals surface area contributed by atoms with Gasteiger partial charge in [0, 0.05) is 23.7 Å². The largest absolute Gasteiger partial charge is 0.469 e. The number of rotatable bonds is 4. The summed E-state index contributed by atoms with van der Waals surface area (Å²) in [5.74, 6) is -0.900. The Labute approximate surface area is 126 Å². The van der Waals surface area contributed by atoms with Crippen molar-refractivity contribution in [2.45, 2.75) is 13.3 Å². The van der Waals surface area contributed by atoms with Crippen molar-refractivity contribution < 1.29 is 18.7 Å². The van der Waals surface area contributed by atoms with Crippen molar-refractivity contribution in [1.29, 1.82) is 0 Å². The van der Waals surface area contributed by atoms with Crippen LogP contribution >= 0.6 is 11.3 Å². The van der Waals surface area contributed by atoms with Crippen molar-refractivity contribution in [2.75, 3.05) is 20.7 Å². The molecular formula is C15H16FNO3S. The Morgan fingerprint density at radius 1 is 1.38 bits per heavy atom. The first-order chi connectivity index (χ1) is 9.95. The number of ether oxygens (including phenoxy) is 1. The number of methoxy groups -OCH3 is 1. The molecule has 0 bridgehead atoms. The maximum Gasteiger partial charge on any atom is 0.307 e. The topological polar surface area (TPSA) is 46.6 Å². The van der Waals surface area contributed by atoms with Crippen LogP contribution in [0.2, 0.25) is 0 Å². The van der Waals surface area contributed by atoms with Crippen LogP contribution in [-0.2, 0) is 9.53 Å². The van der Waals surface area contributed by atoms with E-state index >= 15 is 0 Å². The molecule has 6 heteroatoms. The highest BCUT2D eigenvalue weighted by molar-refractivity contribution is 7.21. The lowest BCUT2D eigenvalue weighted by Gasteiger charge is -2.15. The molecule has 1 heterocycles. The van der Waals surface area contributed by atoms with E-state index in [1.807, 2.05) is 0 Å². The summed E-state index contributed by atoms with van der Waals surface area (Å²) in [7, 11) is 2.93. The van der Waals surface area contributed by atoms with Crippen LogP contribution in [0.5, 0.6) is 0 Å². The van der Waals surface area contributed by atoms with Crippen LogP contribution in [0.15, 0.2) is 18.2 Å². The Morgan fingerprint density at radius 3 is 2.71 bits per heavy atom. The first kappa shape index (κ1) is 15.4. The second-order valence-electron chi connectivity index (χ2n) is 4.72. The monoisotopic (exact) mass is 309 g/mol. The molecule has 0 spiro atoms. The first-order valence-electron chi connectivity index (χ1n) is 6.45. The number of halogens is 1. The van der Waals surface area contributed by atoms with Gasteiger partial charge >= 0.3 is 5.97 Å². The van der Waals surface area contributed by atoms with Crippen molar-refractivity contribution in [3.05, 3.63) is 34.5 Å². The minimum Gasteiger partial charge on any atom is -0.469 e. The third kappa shape index (κ3) is 3.05. The highest BCUT2D eigenvalue weighted by Crippen LogP contribution is 2.33. The van der Waals surface area contributed by atoms with E-state index in [9.17, 15) is 14.0 Å². The number of hydrogen-bond donors (Lipinski definition) is 0. The second kappa shape index (κ2) is 6.22. The van der Waals surface area contributed by atoms with E-state index in [1.165, 1.54) is 29.4 Å². The third-order valence-corrected chi connectivity index (χ3v) is 4.57. The number of hydrogen-bond acceptors (Lipinski definition) is 4. The molecule has 0 unspecified atom stereocenters. The number of carbonyl (C=O) groups excluding carboxylic acids is 2. The van der Waals surface area contributed by atoms with Gasteiger partial charge in [0.25, 0.3) is 5.91 Å². The highest BCUT2D eigenvalue weighted by Gasteiger charge is 2.21. The SMILES string of the molecule is COC(=O)CCN(C)C(=O)c1sc2cccc(F)c2c1C. The zero-order valence-electron chi connectivity index (χ0n) is 12.1. The number of carbonyl (C=O) groups is 2. The molecule has 112 valence electrons. The predicted molar refractivity (Wildman–Crippen MR) is 80.1 cm³/mol. The van der Waals surface area contributed by atoms with Crippen LogP contribution < -0.4 is 0 Å². The summed E-state index contributed by atoms with van der Waals surface area (Å²) in [5, 5.41) is 0.493. The number of nitrogens with zero attached hydrogens (tertiary/aromatic N) is 1. The predicted octanol–water partition coefficient (Wildman–Crippen LogP) is 2.98. The Bertz CT molecular complexity index is 696. The highest BCUT2D eigenvalue weighted by atomic mass is 32.1. The van der Waals surface area contributed by atoms with Gasteiger partial charge in [-0.15, -0.1) is 11.3 Å². The molecule has 21 heavy (non-hydrogen) atoms. The summed E-state index contributed by atoms with van der Waals surface area (Å²) in [4.78, 5) is 25.5. The van der Waals surface area contributed by atoms with E-state index in [4.69, 9.17) is 0 Å². The number of esters is 1. The molecule has 0 saturated carbocycles. The zero-order chi connectivity index (χ0) is 15.6. The molecule has 1 aromatic carbocycles. The molecule has 0 aliphatic rings. The fraction of sp³-hybridized carbons (Fsp3) is 0.333. The van der Waals surface area contributed by atoms with Crippen molar-refractivity contribution in [1.82, 2.24) is 4.90 Å². The normalized spacial score (nSPS) is 10.7. The molecule has 1 aromatic heterocycles. The van der Waals surface area contributed by atoms with Crippen LogP contribution in [0.4, 0.5) is 4.39 Å². The maximum absolute atomic E-state index is 13.8. The van der Waals surface area contributed by atoms with Crippen molar-refractivity contribution in [2.24, 2.45) is 0 Å². The molecule has 0 fully saturated rings. The molecule has 0 atom stereocenters. The zero-order valence-corrected chi connectivity index (χ0v) is 12.9. The van der Waals surface area contributed by atoms with Gasteiger partial charge in [-0.3, -0.25) is 9.59 Å². The quantitative estimate of drug-likeness (QED) is 0.816. The van der Waals surface area contributed by atoms with Crippen molar-refractivity contribution in [3.8, 4) is 0 Å². The molecular weight excluding hydrogens is 293 g/mol. The lowest BCUT2D eigenvalue weighted by Crippen LogP contribution is -2.29. The van der Waals surface area contributed by atoms with Gasteiger partial charge in [0.1, 0.15) is 5.82 Å². The van der Waals surface area contributed by atoms with Gasteiger partial charge in [0.05, 0.1) is 18.4 Å². The fourth-order valence-electron chi connectivity index (χ4n) is 2.09. The van der Waals surface area contributed by atoms with E-state index in [1.54, 1.807) is 26.1 Å². The van der Waals surface area contributed by atoms with E-state index in [0.29, 0.717) is 15.8 Å². The molecule has 4 nitrogen and oxygen atoms in total. The minimum atomic E-state index is -0.367. The second-order valence-corrected chi connectivity index (χ2v) is 5.77. The summed E-state index contributed by atoms with van der Waals surface area (Å²) in [5.41, 5.74) is 0.642. The number of fused-ring (bicyclic) bond motifs is 1. The standard InChI is InChI=1S/C15H16FNO3S/c1-9-13-10(16)5-4-6-11(13)21-14(9)15(19)17(2)8-7-12(18)20-3/h4-6H,7-8H2,1-3H3. The Balaban J connectivity index is 2.25. The van der Waals surface area contributed by atoms with E-state index < -0.39 is 0 Å². The Hall–Kier alpha value is -1.95. The fourth-order valence-corrected chi connectivity index (χ4v) is 3.31. The molecule has 1 amide bonds. The van der Waals surface area contributed by atoms with Gasteiger partial charge in [0.15, 0.2) is 0 Å². The van der Waals surface area contributed by atoms with Crippen LogP contribution in [0.25, 0.3) is 10.1 Å². The molecule has 0 radical (unpaired) electrons. The number of benzene rings is 1. The molecule has 0 N–H and O–H groups in total. The minimum absolute atomic E-state index is 0.136. The van der Waals surface area contributed by atoms with Crippen LogP contribution in [0.3, 0.4) is 0 Å². The van der Waals surface area contributed by atoms with Gasteiger partial charge < -0.3 is 9.64 Å². The first-order valence-corrected chi connectivity index (χ1v) is 7.27. The van der Waals surface area contributed by atoms with Gasteiger partial charge in [-0.1, -0.05) is 6.07 Å². The van der Waals surface area contributed by atoms with E-state index in [-0.39, 0.29) is 30.7 Å². The Morgan fingerprint density at radius 2 is 2.10 bits per heavy atom. The molecule has 2 rings (SSSR count). The van der Waals surface area contributed by atoms with Crippen LogP contribution in [0, 0.1) is 12.7 Å². The van der Waals surface area contributed by atoms with Crippen molar-refractivity contribution >= 4 is 33.3 Å². The molecule has 0 aliphatic heterocycles. The summed E-state index contributed by atoms with van der Waals surface area (Å²) < 4.78 is 19.1. The number of amides is 1. The summed E-state index contributed by atoms with van der Waals surface area (Å²) >= 11 is 1.27. The van der Waals surface area contributed by atoms with E-state index in [0.717, 1.165) is 4.70 Å². The smallest absolute Gasteiger partial charge is 0.307 e. The average molecular weight is 309 g/mol. The number of thiophene rings is 1. The summed E-state index contributed by atoms with van der Waals surface area (Å²) in [6, 6.07) is 4.81. The van der Waals surface area contributed by atoms with Crippen LogP contribution in [-0.4, -0.2) is 37.5 Å². The lowest BCUT2D eigenvalue weighted by atomic mass is 10.1. The van der Waals surface area contributed by atoms with E-state index in [2.05, 4.69) is 4.74 Å². The third-order valence-electron chi connectivity index (χ3n) is 3.32. The molecule has 2 aromatic rings. The molecule has 0 saturated heterocycles. The molecule has 0 aliphatic carbocycles. The van der Waals surface area contributed by atoms with Gasteiger partial charge in [-0.25, -0.2) is 4.39 Å². The van der Waals surface area contributed by atoms with Crippen molar-refractivity contribution in [3.63, 3.8) is 0 Å². The van der Waals surface area contributed by atoms with Gasteiger partial charge in [-0.2, -0.15) is 0 Å². The average Bonchev–Trinajstić information content (AvgIpc) is 2.82. The van der Waals surface area contributed by atoms with Crippen LogP contribution in [0.1, 0.15) is 21.7 Å². The van der Waals surface area contributed by atoms with Gasteiger partial charge in [0.2, 0.25) is 0 Å². The lowest BCUT2D eigenvalue weighted by molar-refractivity contribution is -0.140.